The molecule has 5 nitrogen and oxygen atoms in total. The van der Waals surface area contributed by atoms with Crippen molar-refractivity contribution in [3.8, 4) is 0 Å². The van der Waals surface area contributed by atoms with E-state index in [0.29, 0.717) is 18.7 Å². The maximum absolute atomic E-state index is 13.1. The van der Waals surface area contributed by atoms with Crippen LogP contribution in [0.2, 0.25) is 0 Å². The third-order valence-corrected chi connectivity index (χ3v) is 7.74. The predicted octanol–water partition coefficient (Wildman–Crippen LogP) is 3.75. The first-order valence-corrected chi connectivity index (χ1v) is 11.6. The lowest BCUT2D eigenvalue weighted by Crippen LogP contribution is -2.36. The van der Waals surface area contributed by atoms with Crippen molar-refractivity contribution in [2.24, 2.45) is 0 Å². The van der Waals surface area contributed by atoms with Crippen molar-refractivity contribution < 1.29 is 17.9 Å². The van der Waals surface area contributed by atoms with Gasteiger partial charge in [0.15, 0.2) is 9.84 Å². The minimum absolute atomic E-state index is 0.0644. The third-order valence-electron chi connectivity index (χ3n) is 4.71. The van der Waals surface area contributed by atoms with Gasteiger partial charge in [-0.05, 0) is 62.4 Å². The predicted molar refractivity (Wildman–Crippen MR) is 107 cm³/mol. The summed E-state index contributed by atoms with van der Waals surface area (Å²) in [5.74, 6) is -0.104. The van der Waals surface area contributed by atoms with Crippen molar-refractivity contribution in [3.05, 3.63) is 52.2 Å². The fourth-order valence-electron chi connectivity index (χ4n) is 3.09. The van der Waals surface area contributed by atoms with E-state index in [4.69, 9.17) is 4.74 Å². The van der Waals surface area contributed by atoms with Crippen molar-refractivity contribution in [3.63, 3.8) is 0 Å². The Hall–Kier alpha value is -1.70. The first kappa shape index (κ1) is 20.0. The number of carbonyl (C=O) groups is 1. The summed E-state index contributed by atoms with van der Waals surface area (Å²) in [4.78, 5) is 16.2. The van der Waals surface area contributed by atoms with Crippen LogP contribution >= 0.6 is 11.3 Å². The van der Waals surface area contributed by atoms with E-state index in [1.807, 2.05) is 17.5 Å². The Morgan fingerprint density at radius 3 is 2.56 bits per heavy atom. The van der Waals surface area contributed by atoms with Gasteiger partial charge in [-0.1, -0.05) is 6.07 Å². The Kier molecular flexibility index (Phi) is 6.34. The molecule has 1 aliphatic rings. The van der Waals surface area contributed by atoms with Crippen LogP contribution in [0.5, 0.6) is 0 Å². The summed E-state index contributed by atoms with van der Waals surface area (Å²) in [6, 6.07) is 10.2. The molecule has 2 aromatic rings. The van der Waals surface area contributed by atoms with E-state index in [9.17, 15) is 13.2 Å². The van der Waals surface area contributed by atoms with Gasteiger partial charge in [-0.15, -0.1) is 11.3 Å². The molecule has 0 spiro atoms. The number of nitrogens with zero attached hydrogens (tertiary/aromatic N) is 1. The fraction of sp³-hybridized carbons (Fsp3) is 0.450. The van der Waals surface area contributed by atoms with Crippen LogP contribution in [0.4, 0.5) is 0 Å². The summed E-state index contributed by atoms with van der Waals surface area (Å²) < 4.78 is 30.3. The van der Waals surface area contributed by atoms with E-state index in [1.54, 1.807) is 42.2 Å². The van der Waals surface area contributed by atoms with Crippen LogP contribution in [0.1, 0.15) is 41.9 Å². The maximum Gasteiger partial charge on any atom is 0.254 e. The molecule has 1 amide bonds. The highest BCUT2D eigenvalue weighted by atomic mass is 32.2. The lowest BCUT2D eigenvalue weighted by atomic mass is 10.1. The molecule has 1 aliphatic heterocycles. The highest BCUT2D eigenvalue weighted by Crippen LogP contribution is 2.21. The molecule has 0 saturated carbocycles. The molecule has 0 N–H and O–H groups in total. The van der Waals surface area contributed by atoms with Crippen molar-refractivity contribution in [2.45, 2.75) is 49.5 Å². The van der Waals surface area contributed by atoms with Crippen molar-refractivity contribution in [1.29, 1.82) is 0 Å². The maximum atomic E-state index is 13.1. The second-order valence-corrected chi connectivity index (χ2v) is 10.6. The van der Waals surface area contributed by atoms with Gasteiger partial charge in [0.2, 0.25) is 0 Å². The van der Waals surface area contributed by atoms with Gasteiger partial charge in [-0.2, -0.15) is 0 Å². The van der Waals surface area contributed by atoms with Crippen LogP contribution in [-0.2, 0) is 21.1 Å². The summed E-state index contributed by atoms with van der Waals surface area (Å²) in [7, 11) is -3.34. The lowest BCUT2D eigenvalue weighted by molar-refractivity contribution is 0.0509. The van der Waals surface area contributed by atoms with E-state index < -0.39 is 15.1 Å². The highest BCUT2D eigenvalue weighted by Gasteiger charge is 2.25. The van der Waals surface area contributed by atoms with E-state index in [1.165, 1.54) is 12.1 Å². The van der Waals surface area contributed by atoms with Crippen LogP contribution in [0.15, 0.2) is 46.7 Å². The molecule has 7 heteroatoms. The molecule has 1 aromatic heterocycles. The summed E-state index contributed by atoms with van der Waals surface area (Å²) in [5, 5.41) is 1.50. The number of rotatable bonds is 7. The number of ether oxygens (including phenoxy) is 1. The number of hydrogen-bond acceptors (Lipinski definition) is 5. The van der Waals surface area contributed by atoms with Crippen LogP contribution in [0.25, 0.3) is 0 Å². The summed E-state index contributed by atoms with van der Waals surface area (Å²) in [6.45, 7) is 5.12. The minimum Gasteiger partial charge on any atom is -0.376 e. The first-order valence-electron chi connectivity index (χ1n) is 9.15. The highest BCUT2D eigenvalue weighted by molar-refractivity contribution is 7.92. The van der Waals surface area contributed by atoms with Crippen LogP contribution in [0.3, 0.4) is 0 Å². The summed E-state index contributed by atoms with van der Waals surface area (Å²) >= 11 is 1.62. The monoisotopic (exact) mass is 407 g/mol. The van der Waals surface area contributed by atoms with Gasteiger partial charge in [0.1, 0.15) is 0 Å². The number of sulfone groups is 1. The number of hydrogen-bond donors (Lipinski definition) is 0. The average molecular weight is 408 g/mol. The van der Waals surface area contributed by atoms with Gasteiger partial charge in [0, 0.05) is 23.6 Å². The van der Waals surface area contributed by atoms with Crippen LogP contribution < -0.4 is 0 Å². The molecule has 0 bridgehead atoms. The van der Waals surface area contributed by atoms with E-state index >= 15 is 0 Å². The minimum atomic E-state index is -3.34. The van der Waals surface area contributed by atoms with Gasteiger partial charge in [-0.25, -0.2) is 8.42 Å². The molecule has 2 heterocycles. The summed E-state index contributed by atoms with van der Waals surface area (Å²) in [5.41, 5.74) is 0.493. The molecular weight excluding hydrogens is 382 g/mol. The second kappa shape index (κ2) is 8.54. The van der Waals surface area contributed by atoms with E-state index in [2.05, 4.69) is 0 Å². The molecule has 1 saturated heterocycles. The standard InChI is InChI=1S/C20H25NO4S2/c1-15(2)27(23,24)19-9-7-16(8-10-19)20(22)21(13-17-5-3-11-25-17)14-18-6-4-12-26-18/h4,6-10,12,15,17H,3,5,11,13-14H2,1-2H3. The normalized spacial score (nSPS) is 17.4. The van der Waals surface area contributed by atoms with Crippen LogP contribution in [0, 0.1) is 0 Å². The van der Waals surface area contributed by atoms with Gasteiger partial charge in [-0.3, -0.25) is 4.79 Å². The molecule has 0 aliphatic carbocycles. The van der Waals surface area contributed by atoms with Gasteiger partial charge < -0.3 is 9.64 Å². The molecule has 0 radical (unpaired) electrons. The Labute approximate surface area is 164 Å². The van der Waals surface area contributed by atoms with E-state index in [-0.39, 0.29) is 16.9 Å². The third kappa shape index (κ3) is 4.78. The molecule has 3 rings (SSSR count). The molecule has 27 heavy (non-hydrogen) atoms. The quantitative estimate of drug-likeness (QED) is 0.701. The second-order valence-electron chi connectivity index (χ2n) is 7.02. The molecule has 1 atom stereocenters. The van der Waals surface area contributed by atoms with Crippen molar-refractivity contribution >= 4 is 27.1 Å². The first-order chi connectivity index (χ1) is 12.9. The smallest absolute Gasteiger partial charge is 0.254 e. The Morgan fingerprint density at radius 2 is 2.00 bits per heavy atom. The molecule has 146 valence electrons. The number of carbonyl (C=O) groups excluding carboxylic acids is 1. The van der Waals surface area contributed by atoms with Gasteiger partial charge >= 0.3 is 0 Å². The van der Waals surface area contributed by atoms with E-state index in [0.717, 1.165) is 24.3 Å². The zero-order chi connectivity index (χ0) is 19.4. The van der Waals surface area contributed by atoms with Crippen LogP contribution in [-0.4, -0.2) is 43.7 Å². The molecule has 1 fully saturated rings. The molecule has 1 unspecified atom stereocenters. The molecular formula is C20H25NO4S2. The van der Waals surface area contributed by atoms with Crippen molar-refractivity contribution in [1.82, 2.24) is 4.90 Å². The zero-order valence-corrected chi connectivity index (χ0v) is 17.3. The Morgan fingerprint density at radius 1 is 1.26 bits per heavy atom. The van der Waals surface area contributed by atoms with Gasteiger partial charge in [0.25, 0.3) is 5.91 Å². The largest absolute Gasteiger partial charge is 0.376 e. The van der Waals surface area contributed by atoms with Crippen molar-refractivity contribution in [2.75, 3.05) is 13.2 Å². The average Bonchev–Trinajstić information content (AvgIpc) is 3.34. The Balaban J connectivity index is 1.80. The molecule has 1 aromatic carbocycles. The number of amides is 1. The Bertz CT molecular complexity index is 852. The lowest BCUT2D eigenvalue weighted by Gasteiger charge is -2.25. The fourth-order valence-corrected chi connectivity index (χ4v) is 4.87. The summed E-state index contributed by atoms with van der Waals surface area (Å²) in [6.07, 6.45) is 2.04. The number of thiophene rings is 1. The SMILES string of the molecule is CC(C)S(=O)(=O)c1ccc(C(=O)N(Cc2cccs2)CC2CCCO2)cc1. The number of benzene rings is 1. The topological polar surface area (TPSA) is 63.7 Å². The zero-order valence-electron chi connectivity index (χ0n) is 15.6. The van der Waals surface area contributed by atoms with Gasteiger partial charge in [0.05, 0.1) is 22.8 Å².